The van der Waals surface area contributed by atoms with E-state index in [9.17, 15) is 0 Å². The van der Waals surface area contributed by atoms with Crippen LogP contribution in [0.15, 0.2) is 18.6 Å². The molecule has 0 atom stereocenters. The third kappa shape index (κ3) is 0.604. The van der Waals surface area contributed by atoms with Gasteiger partial charge in [-0.15, -0.1) is 10.2 Å². The van der Waals surface area contributed by atoms with Crippen molar-refractivity contribution in [2.24, 2.45) is 0 Å². The van der Waals surface area contributed by atoms with E-state index in [0.29, 0.717) is 5.65 Å². The van der Waals surface area contributed by atoms with Crippen LogP contribution in [0, 0.1) is 0 Å². The fraction of sp³-hybridized carbons (Fsp3) is 0. The molecule has 2 rings (SSSR count). The number of aromatic nitrogens is 4. The van der Waals surface area contributed by atoms with E-state index >= 15 is 0 Å². The zero-order chi connectivity index (χ0) is 6.97. The van der Waals surface area contributed by atoms with Gasteiger partial charge < -0.3 is 5.11 Å². The van der Waals surface area contributed by atoms with Crippen molar-refractivity contribution in [1.82, 2.24) is 19.8 Å². The van der Waals surface area contributed by atoms with E-state index < -0.39 is 0 Å². The smallest absolute Gasteiger partial charge is 0.181 e. The normalized spacial score (nSPS) is 10.4. The van der Waals surface area contributed by atoms with E-state index in [2.05, 4.69) is 15.3 Å². The first-order valence-corrected chi connectivity index (χ1v) is 2.71. The van der Waals surface area contributed by atoms with Crippen LogP contribution >= 0.6 is 0 Å². The number of rotatable bonds is 0. The highest BCUT2D eigenvalue weighted by Gasteiger charge is 1.94. The van der Waals surface area contributed by atoms with Crippen molar-refractivity contribution in [2.45, 2.75) is 0 Å². The Hall–Kier alpha value is -1.65. The van der Waals surface area contributed by atoms with Crippen LogP contribution in [0.5, 0.6) is 5.75 Å². The minimum Gasteiger partial charge on any atom is -0.506 e. The molecule has 50 valence electrons. The van der Waals surface area contributed by atoms with Gasteiger partial charge in [0.1, 0.15) is 12.1 Å². The fourth-order valence-electron chi connectivity index (χ4n) is 0.714. The standard InChI is InChI=1S/C5H4N4O/c10-4-1-5-8-6-3-9(5)7-2-4/h1-3,10H. The molecule has 0 unspecified atom stereocenters. The largest absolute Gasteiger partial charge is 0.506 e. The zero-order valence-electron chi connectivity index (χ0n) is 4.97. The maximum Gasteiger partial charge on any atom is 0.181 e. The van der Waals surface area contributed by atoms with Gasteiger partial charge in [0.25, 0.3) is 0 Å². The number of hydrogen-bond acceptors (Lipinski definition) is 4. The Morgan fingerprint density at radius 3 is 3.30 bits per heavy atom. The van der Waals surface area contributed by atoms with E-state index in [4.69, 9.17) is 5.11 Å². The van der Waals surface area contributed by atoms with Gasteiger partial charge in [0.2, 0.25) is 0 Å². The van der Waals surface area contributed by atoms with Crippen molar-refractivity contribution in [3.05, 3.63) is 18.6 Å². The summed E-state index contributed by atoms with van der Waals surface area (Å²) in [5.41, 5.74) is 0.542. The Labute approximate surface area is 55.9 Å². The first-order valence-electron chi connectivity index (χ1n) is 2.71. The summed E-state index contributed by atoms with van der Waals surface area (Å²) in [6.45, 7) is 0. The summed E-state index contributed by atoms with van der Waals surface area (Å²) < 4.78 is 1.47. The van der Waals surface area contributed by atoms with Crippen molar-refractivity contribution < 1.29 is 5.11 Å². The van der Waals surface area contributed by atoms with Gasteiger partial charge in [-0.3, -0.25) is 0 Å². The van der Waals surface area contributed by atoms with E-state index in [-0.39, 0.29) is 5.75 Å². The van der Waals surface area contributed by atoms with Crippen LogP contribution < -0.4 is 0 Å². The van der Waals surface area contributed by atoms with Crippen LogP contribution in [0.2, 0.25) is 0 Å². The number of aromatic hydroxyl groups is 1. The van der Waals surface area contributed by atoms with Gasteiger partial charge in [-0.05, 0) is 0 Å². The summed E-state index contributed by atoms with van der Waals surface area (Å²) in [5.74, 6) is 0.0977. The van der Waals surface area contributed by atoms with Crippen molar-refractivity contribution in [1.29, 1.82) is 0 Å². The van der Waals surface area contributed by atoms with E-state index in [1.807, 2.05) is 0 Å². The van der Waals surface area contributed by atoms with Gasteiger partial charge in [-0.2, -0.15) is 5.10 Å². The summed E-state index contributed by atoms with van der Waals surface area (Å²) in [6.07, 6.45) is 2.80. The topological polar surface area (TPSA) is 63.3 Å². The molecule has 0 aliphatic heterocycles. The Bertz CT molecular complexity index is 355. The lowest BCUT2D eigenvalue weighted by atomic mass is 10.5. The second kappa shape index (κ2) is 1.66. The molecule has 2 heterocycles. The fourth-order valence-corrected chi connectivity index (χ4v) is 0.714. The Morgan fingerprint density at radius 2 is 2.40 bits per heavy atom. The minimum atomic E-state index is 0.0977. The molecule has 10 heavy (non-hydrogen) atoms. The van der Waals surface area contributed by atoms with Gasteiger partial charge in [0.05, 0.1) is 6.20 Å². The Morgan fingerprint density at radius 1 is 1.50 bits per heavy atom. The number of nitrogens with zero attached hydrogens (tertiary/aromatic N) is 4. The SMILES string of the molecule is Oc1cnn2cnnc2c1. The van der Waals surface area contributed by atoms with Gasteiger partial charge in [-0.25, -0.2) is 4.52 Å². The van der Waals surface area contributed by atoms with Crippen LogP contribution in [0.25, 0.3) is 5.65 Å². The summed E-state index contributed by atoms with van der Waals surface area (Å²) >= 11 is 0. The van der Waals surface area contributed by atoms with Crippen molar-refractivity contribution in [3.63, 3.8) is 0 Å². The van der Waals surface area contributed by atoms with Gasteiger partial charge in [0.15, 0.2) is 5.65 Å². The van der Waals surface area contributed by atoms with Crippen LogP contribution in [0.4, 0.5) is 0 Å². The van der Waals surface area contributed by atoms with Crippen molar-refractivity contribution >= 4 is 5.65 Å². The highest BCUT2D eigenvalue weighted by atomic mass is 16.3. The maximum atomic E-state index is 8.91. The Kier molecular flexibility index (Phi) is 0.858. The van der Waals surface area contributed by atoms with E-state index in [1.54, 1.807) is 0 Å². The summed E-state index contributed by atoms with van der Waals surface area (Å²) in [5, 5.41) is 19.9. The van der Waals surface area contributed by atoms with Crippen LogP contribution in [-0.4, -0.2) is 24.9 Å². The number of hydrogen-bond donors (Lipinski definition) is 1. The molecule has 5 heteroatoms. The summed E-state index contributed by atoms with van der Waals surface area (Å²) in [6, 6.07) is 1.49. The monoisotopic (exact) mass is 136 g/mol. The van der Waals surface area contributed by atoms with Crippen molar-refractivity contribution in [3.8, 4) is 5.75 Å². The van der Waals surface area contributed by atoms with Crippen LogP contribution in [0.1, 0.15) is 0 Å². The van der Waals surface area contributed by atoms with Gasteiger partial charge in [0, 0.05) is 6.07 Å². The average molecular weight is 136 g/mol. The molecule has 0 aliphatic rings. The molecule has 0 bridgehead atoms. The molecule has 0 aromatic carbocycles. The second-order valence-corrected chi connectivity index (χ2v) is 1.85. The lowest BCUT2D eigenvalue weighted by molar-refractivity contribution is 0.471. The molecule has 0 aliphatic carbocycles. The lowest BCUT2D eigenvalue weighted by Gasteiger charge is -1.89. The van der Waals surface area contributed by atoms with Gasteiger partial charge >= 0.3 is 0 Å². The summed E-state index contributed by atoms with van der Waals surface area (Å²) in [4.78, 5) is 0. The van der Waals surface area contributed by atoms with E-state index in [1.165, 1.54) is 23.1 Å². The quantitative estimate of drug-likeness (QED) is 0.546. The molecule has 2 aromatic rings. The molecule has 0 saturated heterocycles. The first-order chi connectivity index (χ1) is 4.86. The van der Waals surface area contributed by atoms with Crippen LogP contribution in [-0.2, 0) is 0 Å². The predicted molar refractivity (Wildman–Crippen MR) is 32.4 cm³/mol. The molecule has 1 N–H and O–H groups in total. The summed E-state index contributed by atoms with van der Waals surface area (Å²) in [7, 11) is 0. The average Bonchev–Trinajstić information content (AvgIpc) is 2.33. The first kappa shape index (κ1) is 5.16. The third-order valence-electron chi connectivity index (χ3n) is 1.15. The lowest BCUT2D eigenvalue weighted by Crippen LogP contribution is -1.86. The maximum absolute atomic E-state index is 8.91. The molecule has 0 amide bonds. The molecule has 0 radical (unpaired) electrons. The molecule has 5 nitrogen and oxygen atoms in total. The highest BCUT2D eigenvalue weighted by molar-refractivity contribution is 5.39. The molecular weight excluding hydrogens is 132 g/mol. The second-order valence-electron chi connectivity index (χ2n) is 1.85. The third-order valence-corrected chi connectivity index (χ3v) is 1.15. The minimum absolute atomic E-state index is 0.0977. The zero-order valence-corrected chi connectivity index (χ0v) is 4.97. The predicted octanol–water partition coefficient (Wildman–Crippen LogP) is -0.170. The van der Waals surface area contributed by atoms with Crippen molar-refractivity contribution in [2.75, 3.05) is 0 Å². The molecule has 0 spiro atoms. The van der Waals surface area contributed by atoms with E-state index in [0.717, 1.165) is 0 Å². The van der Waals surface area contributed by atoms with Crippen LogP contribution in [0.3, 0.4) is 0 Å². The molecule has 2 aromatic heterocycles. The van der Waals surface area contributed by atoms with Gasteiger partial charge in [-0.1, -0.05) is 0 Å². The number of fused-ring (bicyclic) bond motifs is 1. The molecule has 0 fully saturated rings. The highest BCUT2D eigenvalue weighted by Crippen LogP contribution is 2.06. The molecular formula is C5H4N4O. The Balaban J connectivity index is 2.86. The molecule has 0 saturated carbocycles.